The standard InChI is InChI=1S/C13H20N2O3/c1-8(9(2)17-3)15-11-7-10(13(14)16)5-6-12(11)18-4/h5-9,15H,1-4H3,(H2,14,16). The summed E-state index contributed by atoms with van der Waals surface area (Å²) in [6.07, 6.45) is 0.0342. The molecule has 3 N–H and O–H groups in total. The topological polar surface area (TPSA) is 73.6 Å². The summed E-state index contributed by atoms with van der Waals surface area (Å²) < 4.78 is 10.5. The van der Waals surface area contributed by atoms with Crippen LogP contribution in [-0.4, -0.2) is 32.3 Å². The predicted molar refractivity (Wildman–Crippen MR) is 71.1 cm³/mol. The van der Waals surface area contributed by atoms with E-state index < -0.39 is 5.91 Å². The SMILES string of the molecule is COc1ccc(C(N)=O)cc1NC(C)C(C)OC. The van der Waals surface area contributed by atoms with Gasteiger partial charge in [0.25, 0.3) is 0 Å². The van der Waals surface area contributed by atoms with E-state index in [4.69, 9.17) is 15.2 Å². The molecule has 0 spiro atoms. The number of nitrogens with one attached hydrogen (secondary N) is 1. The fraction of sp³-hybridized carbons (Fsp3) is 0.462. The maximum absolute atomic E-state index is 11.2. The Bertz CT molecular complexity index is 421. The molecule has 0 aromatic heterocycles. The lowest BCUT2D eigenvalue weighted by molar-refractivity contribution is 0.100. The van der Waals surface area contributed by atoms with Gasteiger partial charge in [-0.25, -0.2) is 0 Å². The molecule has 0 radical (unpaired) electrons. The molecule has 5 heteroatoms. The summed E-state index contributed by atoms with van der Waals surface area (Å²) >= 11 is 0. The van der Waals surface area contributed by atoms with E-state index in [2.05, 4.69) is 5.32 Å². The minimum Gasteiger partial charge on any atom is -0.495 e. The van der Waals surface area contributed by atoms with Crippen LogP contribution in [-0.2, 0) is 4.74 Å². The van der Waals surface area contributed by atoms with Gasteiger partial charge in [-0.3, -0.25) is 4.79 Å². The Balaban J connectivity index is 2.97. The van der Waals surface area contributed by atoms with Crippen LogP contribution in [0.5, 0.6) is 5.75 Å². The summed E-state index contributed by atoms with van der Waals surface area (Å²) in [6.45, 7) is 3.95. The molecule has 1 rings (SSSR count). The molecule has 1 amide bonds. The number of amides is 1. The first-order valence-corrected chi connectivity index (χ1v) is 5.76. The molecule has 0 aliphatic rings. The zero-order valence-electron chi connectivity index (χ0n) is 11.2. The molecule has 1 aromatic carbocycles. The molecule has 100 valence electrons. The lowest BCUT2D eigenvalue weighted by Crippen LogP contribution is -2.30. The van der Waals surface area contributed by atoms with Crippen LogP contribution in [0.2, 0.25) is 0 Å². The Labute approximate surface area is 107 Å². The van der Waals surface area contributed by atoms with Gasteiger partial charge in [-0.15, -0.1) is 0 Å². The van der Waals surface area contributed by atoms with E-state index in [1.165, 1.54) is 0 Å². The van der Waals surface area contributed by atoms with Gasteiger partial charge in [0, 0.05) is 18.7 Å². The molecule has 0 aliphatic carbocycles. The molecule has 1 aromatic rings. The second-order valence-electron chi connectivity index (χ2n) is 4.15. The third kappa shape index (κ3) is 3.37. The second-order valence-corrected chi connectivity index (χ2v) is 4.15. The molecule has 2 atom stereocenters. The number of hydrogen-bond donors (Lipinski definition) is 2. The van der Waals surface area contributed by atoms with E-state index in [0.29, 0.717) is 11.3 Å². The van der Waals surface area contributed by atoms with Crippen LogP contribution in [0, 0.1) is 0 Å². The third-order valence-corrected chi connectivity index (χ3v) is 2.94. The maximum Gasteiger partial charge on any atom is 0.248 e. The van der Waals surface area contributed by atoms with Crippen molar-refractivity contribution in [3.05, 3.63) is 23.8 Å². The highest BCUT2D eigenvalue weighted by molar-refractivity contribution is 5.94. The minimum atomic E-state index is -0.465. The van der Waals surface area contributed by atoms with Gasteiger partial charge < -0.3 is 20.5 Å². The first kappa shape index (κ1) is 14.3. The van der Waals surface area contributed by atoms with Gasteiger partial charge in [0.15, 0.2) is 0 Å². The van der Waals surface area contributed by atoms with Crippen molar-refractivity contribution in [1.82, 2.24) is 0 Å². The van der Waals surface area contributed by atoms with Crippen LogP contribution in [0.4, 0.5) is 5.69 Å². The van der Waals surface area contributed by atoms with Crippen LogP contribution < -0.4 is 15.8 Å². The van der Waals surface area contributed by atoms with Gasteiger partial charge in [0.1, 0.15) is 5.75 Å². The molecule has 0 saturated carbocycles. The first-order valence-electron chi connectivity index (χ1n) is 5.76. The van der Waals surface area contributed by atoms with Crippen molar-refractivity contribution in [1.29, 1.82) is 0 Å². The number of ether oxygens (including phenoxy) is 2. The molecule has 0 bridgehead atoms. The summed E-state index contributed by atoms with van der Waals surface area (Å²) in [5, 5.41) is 3.25. The van der Waals surface area contributed by atoms with Gasteiger partial charge in [0.05, 0.1) is 18.9 Å². The number of carbonyl (C=O) groups is 1. The Morgan fingerprint density at radius 1 is 1.33 bits per heavy atom. The van der Waals surface area contributed by atoms with E-state index in [-0.39, 0.29) is 12.1 Å². The summed E-state index contributed by atoms with van der Waals surface area (Å²) in [5.41, 5.74) is 6.43. The zero-order chi connectivity index (χ0) is 13.7. The number of anilines is 1. The van der Waals surface area contributed by atoms with Crippen LogP contribution >= 0.6 is 0 Å². The van der Waals surface area contributed by atoms with Crippen molar-refractivity contribution in [2.45, 2.75) is 26.0 Å². The summed E-state index contributed by atoms with van der Waals surface area (Å²) in [4.78, 5) is 11.2. The molecular formula is C13H20N2O3. The van der Waals surface area contributed by atoms with Crippen molar-refractivity contribution < 1.29 is 14.3 Å². The van der Waals surface area contributed by atoms with E-state index in [9.17, 15) is 4.79 Å². The van der Waals surface area contributed by atoms with Crippen molar-refractivity contribution in [3.8, 4) is 5.75 Å². The van der Waals surface area contributed by atoms with Crippen molar-refractivity contribution in [2.75, 3.05) is 19.5 Å². The number of carbonyl (C=O) groups excluding carboxylic acids is 1. The Morgan fingerprint density at radius 2 is 2.00 bits per heavy atom. The lowest BCUT2D eigenvalue weighted by atomic mass is 10.1. The number of primary amides is 1. The first-order chi connectivity index (χ1) is 8.49. The molecule has 5 nitrogen and oxygen atoms in total. The van der Waals surface area contributed by atoms with Crippen molar-refractivity contribution >= 4 is 11.6 Å². The van der Waals surface area contributed by atoms with Gasteiger partial charge in [-0.2, -0.15) is 0 Å². The molecular weight excluding hydrogens is 232 g/mol. The smallest absolute Gasteiger partial charge is 0.248 e. The monoisotopic (exact) mass is 252 g/mol. The Hall–Kier alpha value is -1.75. The average molecular weight is 252 g/mol. The number of methoxy groups -OCH3 is 2. The number of benzene rings is 1. The third-order valence-electron chi connectivity index (χ3n) is 2.94. The molecule has 0 heterocycles. The lowest BCUT2D eigenvalue weighted by Gasteiger charge is -2.22. The van der Waals surface area contributed by atoms with Gasteiger partial charge >= 0.3 is 0 Å². The van der Waals surface area contributed by atoms with Crippen LogP contribution in [0.1, 0.15) is 24.2 Å². The van der Waals surface area contributed by atoms with Crippen LogP contribution in [0.15, 0.2) is 18.2 Å². The quantitative estimate of drug-likeness (QED) is 0.807. The maximum atomic E-state index is 11.2. The molecule has 0 saturated heterocycles. The number of rotatable bonds is 6. The predicted octanol–water partition coefficient (Wildman–Crippen LogP) is 1.63. The van der Waals surface area contributed by atoms with Gasteiger partial charge in [-0.1, -0.05) is 0 Å². The zero-order valence-corrected chi connectivity index (χ0v) is 11.2. The molecule has 0 aliphatic heterocycles. The largest absolute Gasteiger partial charge is 0.495 e. The van der Waals surface area contributed by atoms with Gasteiger partial charge in [-0.05, 0) is 32.0 Å². The van der Waals surface area contributed by atoms with E-state index in [0.717, 1.165) is 5.69 Å². The van der Waals surface area contributed by atoms with Crippen molar-refractivity contribution in [2.24, 2.45) is 5.73 Å². The summed E-state index contributed by atoms with van der Waals surface area (Å²) in [5.74, 6) is 0.197. The minimum absolute atomic E-state index is 0.0342. The van der Waals surface area contributed by atoms with Crippen LogP contribution in [0.3, 0.4) is 0 Å². The Morgan fingerprint density at radius 3 is 2.50 bits per heavy atom. The van der Waals surface area contributed by atoms with E-state index in [1.807, 2.05) is 13.8 Å². The highest BCUT2D eigenvalue weighted by Crippen LogP contribution is 2.26. The Kier molecular flexibility index (Phi) is 4.97. The van der Waals surface area contributed by atoms with Gasteiger partial charge in [0.2, 0.25) is 5.91 Å². The summed E-state index contributed by atoms with van der Waals surface area (Å²) in [7, 11) is 3.23. The van der Waals surface area contributed by atoms with Crippen LogP contribution in [0.25, 0.3) is 0 Å². The second kappa shape index (κ2) is 6.26. The molecule has 2 unspecified atom stereocenters. The van der Waals surface area contributed by atoms with Crippen molar-refractivity contribution in [3.63, 3.8) is 0 Å². The number of nitrogens with two attached hydrogens (primary N) is 1. The number of hydrogen-bond acceptors (Lipinski definition) is 4. The summed E-state index contributed by atoms with van der Waals surface area (Å²) in [6, 6.07) is 5.11. The fourth-order valence-corrected chi connectivity index (χ4v) is 1.54. The molecule has 0 fully saturated rings. The van der Waals surface area contributed by atoms with E-state index >= 15 is 0 Å². The highest BCUT2D eigenvalue weighted by Gasteiger charge is 2.14. The van der Waals surface area contributed by atoms with E-state index in [1.54, 1.807) is 32.4 Å². The fourth-order valence-electron chi connectivity index (χ4n) is 1.54. The molecule has 18 heavy (non-hydrogen) atoms. The highest BCUT2D eigenvalue weighted by atomic mass is 16.5. The normalized spacial score (nSPS) is 13.8. The average Bonchev–Trinajstić information content (AvgIpc) is 2.37.